The number of nitrogens with zero attached hydrogens (tertiary/aromatic N) is 2. The zero-order chi connectivity index (χ0) is 16.4. The van der Waals surface area contributed by atoms with Crippen molar-refractivity contribution in [2.24, 2.45) is 0 Å². The Hall–Kier alpha value is -2.55. The number of hydrogen-bond acceptors (Lipinski definition) is 7. The molecule has 3 aromatic rings. The summed E-state index contributed by atoms with van der Waals surface area (Å²) in [5.74, 6) is 0.332. The van der Waals surface area contributed by atoms with Crippen LogP contribution in [0, 0.1) is 0 Å². The van der Waals surface area contributed by atoms with Crippen molar-refractivity contribution in [3.8, 4) is 10.6 Å². The Balaban J connectivity index is 1.39. The van der Waals surface area contributed by atoms with Crippen LogP contribution in [0.3, 0.4) is 0 Å². The summed E-state index contributed by atoms with van der Waals surface area (Å²) < 4.78 is 5.24. The van der Waals surface area contributed by atoms with Crippen LogP contribution in [0.15, 0.2) is 52.6 Å². The monoisotopic (exact) mass is 341 g/mol. The molecule has 1 aliphatic rings. The van der Waals surface area contributed by atoms with Crippen LogP contribution in [0.2, 0.25) is 0 Å². The van der Waals surface area contributed by atoms with Crippen molar-refractivity contribution >= 4 is 17.2 Å². The second-order valence-electron chi connectivity index (χ2n) is 5.44. The molecule has 24 heavy (non-hydrogen) atoms. The number of aromatic nitrogens is 2. The average Bonchev–Trinajstić information content (AvgIpc) is 3.36. The van der Waals surface area contributed by atoms with E-state index in [1.165, 1.54) is 11.3 Å². The molecule has 122 valence electrons. The quantitative estimate of drug-likeness (QED) is 0.673. The van der Waals surface area contributed by atoms with Crippen molar-refractivity contribution < 1.29 is 9.32 Å². The van der Waals surface area contributed by atoms with Gasteiger partial charge in [0.1, 0.15) is 0 Å². The van der Waals surface area contributed by atoms with E-state index < -0.39 is 0 Å². The van der Waals surface area contributed by atoms with E-state index in [1.54, 1.807) is 18.5 Å². The standard InChI is InChI=1S/C16H15N5O2S/c22-16(12-8-13(23-21-12)14-2-1-7-24-14)18-15-9-11(19-20-15)10-3-5-17-6-4-10/h1-8,11,15,19-20H,9H2,(H,18,22). The minimum atomic E-state index is -0.267. The van der Waals surface area contributed by atoms with E-state index in [-0.39, 0.29) is 23.8 Å². The highest BCUT2D eigenvalue weighted by molar-refractivity contribution is 7.13. The molecular weight excluding hydrogens is 326 g/mol. The molecule has 1 fully saturated rings. The smallest absolute Gasteiger partial charge is 0.274 e. The number of amides is 1. The highest BCUT2D eigenvalue weighted by atomic mass is 32.1. The number of hydrazine groups is 1. The van der Waals surface area contributed by atoms with Gasteiger partial charge in [0.15, 0.2) is 11.5 Å². The van der Waals surface area contributed by atoms with E-state index in [1.807, 2.05) is 29.6 Å². The van der Waals surface area contributed by atoms with Crippen LogP contribution < -0.4 is 16.2 Å². The van der Waals surface area contributed by atoms with Gasteiger partial charge in [-0.05, 0) is 29.1 Å². The highest BCUT2D eigenvalue weighted by Gasteiger charge is 2.27. The van der Waals surface area contributed by atoms with Gasteiger partial charge >= 0.3 is 0 Å². The van der Waals surface area contributed by atoms with Crippen molar-refractivity contribution in [1.29, 1.82) is 0 Å². The lowest BCUT2D eigenvalue weighted by Gasteiger charge is -2.10. The van der Waals surface area contributed by atoms with Crippen molar-refractivity contribution in [2.75, 3.05) is 0 Å². The Kier molecular flexibility index (Phi) is 4.08. The Labute approximate surface area is 142 Å². The summed E-state index contributed by atoms with van der Waals surface area (Å²) in [5.41, 5.74) is 7.65. The first kappa shape index (κ1) is 15.0. The molecule has 4 rings (SSSR count). The zero-order valence-electron chi connectivity index (χ0n) is 12.6. The van der Waals surface area contributed by atoms with E-state index in [0.29, 0.717) is 5.76 Å². The van der Waals surface area contributed by atoms with Crippen LogP contribution in [0.4, 0.5) is 0 Å². The average molecular weight is 341 g/mol. The van der Waals surface area contributed by atoms with Gasteiger partial charge in [-0.3, -0.25) is 9.78 Å². The number of nitrogens with one attached hydrogen (secondary N) is 3. The molecule has 2 atom stereocenters. The minimum Gasteiger partial charge on any atom is -0.355 e. The predicted molar refractivity (Wildman–Crippen MR) is 88.9 cm³/mol. The Bertz CT molecular complexity index is 818. The molecule has 1 amide bonds. The van der Waals surface area contributed by atoms with E-state index in [0.717, 1.165) is 16.9 Å². The van der Waals surface area contributed by atoms with Gasteiger partial charge in [0, 0.05) is 30.9 Å². The summed E-state index contributed by atoms with van der Waals surface area (Å²) in [6, 6.07) is 9.54. The molecule has 0 aromatic carbocycles. The Morgan fingerprint density at radius 3 is 2.96 bits per heavy atom. The second-order valence-corrected chi connectivity index (χ2v) is 6.38. The van der Waals surface area contributed by atoms with Crippen molar-refractivity contribution in [2.45, 2.75) is 18.6 Å². The van der Waals surface area contributed by atoms with E-state index >= 15 is 0 Å². The van der Waals surface area contributed by atoms with Crippen LogP contribution >= 0.6 is 11.3 Å². The molecule has 2 unspecified atom stereocenters. The van der Waals surface area contributed by atoms with Gasteiger partial charge in [-0.2, -0.15) is 0 Å². The van der Waals surface area contributed by atoms with Crippen LogP contribution in [-0.4, -0.2) is 22.2 Å². The van der Waals surface area contributed by atoms with Gasteiger partial charge in [0.25, 0.3) is 5.91 Å². The van der Waals surface area contributed by atoms with Crippen LogP contribution in [0.1, 0.15) is 28.5 Å². The van der Waals surface area contributed by atoms with Crippen LogP contribution in [0.25, 0.3) is 10.6 Å². The van der Waals surface area contributed by atoms with Gasteiger partial charge in [-0.25, -0.2) is 10.9 Å². The lowest BCUT2D eigenvalue weighted by atomic mass is 10.1. The first-order chi connectivity index (χ1) is 11.8. The minimum absolute atomic E-state index is 0.122. The fourth-order valence-electron chi connectivity index (χ4n) is 2.61. The largest absolute Gasteiger partial charge is 0.355 e. The predicted octanol–water partition coefficient (Wildman–Crippen LogP) is 2.09. The lowest BCUT2D eigenvalue weighted by molar-refractivity contribution is 0.0923. The number of pyridine rings is 1. The number of carbonyl (C=O) groups excluding carboxylic acids is 1. The fraction of sp³-hybridized carbons (Fsp3) is 0.188. The molecule has 3 aromatic heterocycles. The molecule has 0 bridgehead atoms. The fourth-order valence-corrected chi connectivity index (χ4v) is 3.29. The summed E-state index contributed by atoms with van der Waals surface area (Å²) in [6.07, 6.45) is 4.05. The summed E-state index contributed by atoms with van der Waals surface area (Å²) in [6.45, 7) is 0. The molecular formula is C16H15N5O2S. The molecule has 0 spiro atoms. The highest BCUT2D eigenvalue weighted by Crippen LogP contribution is 2.25. The van der Waals surface area contributed by atoms with E-state index in [9.17, 15) is 4.79 Å². The van der Waals surface area contributed by atoms with Crippen LogP contribution in [-0.2, 0) is 0 Å². The van der Waals surface area contributed by atoms with Crippen molar-refractivity contribution in [1.82, 2.24) is 26.3 Å². The number of hydrogen-bond donors (Lipinski definition) is 3. The number of thiophene rings is 1. The normalized spacial score (nSPS) is 20.2. The first-order valence-corrected chi connectivity index (χ1v) is 8.40. The van der Waals surface area contributed by atoms with Crippen molar-refractivity contribution in [3.05, 3.63) is 59.4 Å². The van der Waals surface area contributed by atoms with Gasteiger partial charge in [-0.15, -0.1) is 11.3 Å². The molecule has 0 saturated carbocycles. The number of rotatable bonds is 4. The van der Waals surface area contributed by atoms with Gasteiger partial charge in [0.2, 0.25) is 0 Å². The van der Waals surface area contributed by atoms with Gasteiger partial charge in [0.05, 0.1) is 11.0 Å². The third kappa shape index (κ3) is 3.07. The Morgan fingerprint density at radius 1 is 1.29 bits per heavy atom. The molecule has 0 radical (unpaired) electrons. The SMILES string of the molecule is O=C(NC1CC(c2ccncc2)NN1)c1cc(-c2cccs2)on1. The molecule has 1 aliphatic heterocycles. The van der Waals surface area contributed by atoms with E-state index in [4.69, 9.17) is 4.52 Å². The summed E-state index contributed by atoms with van der Waals surface area (Å²) in [7, 11) is 0. The van der Waals surface area contributed by atoms with Crippen molar-refractivity contribution in [3.63, 3.8) is 0 Å². The van der Waals surface area contributed by atoms with Crippen LogP contribution in [0.5, 0.6) is 0 Å². The third-order valence-corrected chi connectivity index (χ3v) is 4.71. The second kappa shape index (κ2) is 6.52. The summed E-state index contributed by atoms with van der Waals surface area (Å²) in [5, 5.41) is 8.71. The zero-order valence-corrected chi connectivity index (χ0v) is 13.4. The molecule has 1 saturated heterocycles. The topological polar surface area (TPSA) is 92.1 Å². The molecule has 3 N–H and O–H groups in total. The first-order valence-electron chi connectivity index (χ1n) is 7.52. The Morgan fingerprint density at radius 2 is 2.17 bits per heavy atom. The molecule has 7 nitrogen and oxygen atoms in total. The maximum absolute atomic E-state index is 12.3. The molecule has 8 heteroatoms. The summed E-state index contributed by atoms with van der Waals surface area (Å²) in [4.78, 5) is 17.3. The molecule has 0 aliphatic carbocycles. The van der Waals surface area contributed by atoms with E-state index in [2.05, 4.69) is 26.3 Å². The summed E-state index contributed by atoms with van der Waals surface area (Å²) >= 11 is 1.54. The van der Waals surface area contributed by atoms with Gasteiger partial charge < -0.3 is 9.84 Å². The number of carbonyl (C=O) groups is 1. The van der Waals surface area contributed by atoms with Gasteiger partial charge in [-0.1, -0.05) is 11.2 Å². The maximum Gasteiger partial charge on any atom is 0.274 e. The third-order valence-electron chi connectivity index (χ3n) is 3.82. The lowest BCUT2D eigenvalue weighted by Crippen LogP contribution is -2.44. The maximum atomic E-state index is 12.3. The molecule has 4 heterocycles.